The first-order valence-corrected chi connectivity index (χ1v) is 5.72. The number of hydrogen-bond acceptors (Lipinski definition) is 3. The largest absolute Gasteiger partial charge is 0.392 e. The Morgan fingerprint density at radius 1 is 1.38 bits per heavy atom. The van der Waals surface area contributed by atoms with E-state index in [9.17, 15) is 9.59 Å². The molecule has 4 N–H and O–H groups in total. The first-order chi connectivity index (χ1) is 7.44. The van der Waals surface area contributed by atoms with E-state index in [4.69, 9.17) is 23.7 Å². The molecule has 1 aliphatic carbocycles. The number of primary amides is 1. The third-order valence-electron chi connectivity index (χ3n) is 3.10. The second kappa shape index (κ2) is 4.78. The molecule has 2 amide bonds. The molecular formula is C10H17N3O2S. The normalized spacial score (nSPS) is 17.3. The number of carbonyl (C=O) groups is 2. The second-order valence-electron chi connectivity index (χ2n) is 4.09. The van der Waals surface area contributed by atoms with Gasteiger partial charge in [0.25, 0.3) is 0 Å². The summed E-state index contributed by atoms with van der Waals surface area (Å²) < 4.78 is 0. The fourth-order valence-electron chi connectivity index (χ4n) is 1.91. The maximum Gasteiger partial charge on any atom is 0.237 e. The zero-order valence-electron chi connectivity index (χ0n) is 9.36. The van der Waals surface area contributed by atoms with Gasteiger partial charge >= 0.3 is 0 Å². The number of likely N-dealkylation sites (N-methyl/N-ethyl adjacent to an activating group) is 1. The molecule has 0 spiro atoms. The lowest BCUT2D eigenvalue weighted by Crippen LogP contribution is -2.55. The molecule has 90 valence electrons. The van der Waals surface area contributed by atoms with Gasteiger partial charge in [0.2, 0.25) is 11.8 Å². The molecule has 1 aliphatic rings. The Morgan fingerprint density at radius 3 is 2.19 bits per heavy atom. The van der Waals surface area contributed by atoms with E-state index >= 15 is 0 Å². The van der Waals surface area contributed by atoms with E-state index in [0.717, 1.165) is 6.42 Å². The minimum absolute atomic E-state index is 0.0697. The van der Waals surface area contributed by atoms with E-state index in [0.29, 0.717) is 19.4 Å². The second-order valence-corrected chi connectivity index (χ2v) is 4.53. The molecule has 5 nitrogen and oxygen atoms in total. The minimum atomic E-state index is -0.721. The van der Waals surface area contributed by atoms with Gasteiger partial charge in [-0.15, -0.1) is 0 Å². The van der Waals surface area contributed by atoms with E-state index < -0.39 is 11.3 Å². The van der Waals surface area contributed by atoms with Crippen LogP contribution in [-0.2, 0) is 9.59 Å². The third-order valence-corrected chi connectivity index (χ3v) is 3.49. The number of carbonyl (C=O) groups excluding carboxylic acids is 2. The van der Waals surface area contributed by atoms with E-state index in [1.54, 1.807) is 6.92 Å². The fraction of sp³-hybridized carbons (Fsp3) is 0.700. The predicted octanol–water partition coefficient (Wildman–Crippen LogP) is -0.223. The number of nitrogens with two attached hydrogens (primary N) is 2. The van der Waals surface area contributed by atoms with Gasteiger partial charge in [-0.3, -0.25) is 9.59 Å². The molecule has 0 unspecified atom stereocenters. The molecule has 16 heavy (non-hydrogen) atoms. The fourth-order valence-corrected chi connectivity index (χ4v) is 2.21. The zero-order valence-corrected chi connectivity index (χ0v) is 10.2. The van der Waals surface area contributed by atoms with Crippen LogP contribution in [0.15, 0.2) is 0 Å². The first-order valence-electron chi connectivity index (χ1n) is 5.31. The standard InChI is InChI=1S/C10H17N3O2S/c1-2-13(6-7(11)14)9(15)10(8(12)16)4-3-5-10/h2-6H2,1H3,(H2,11,14)(H2,12,16). The van der Waals surface area contributed by atoms with E-state index in [2.05, 4.69) is 0 Å². The minimum Gasteiger partial charge on any atom is -0.392 e. The van der Waals surface area contributed by atoms with Crippen LogP contribution >= 0.6 is 12.2 Å². The van der Waals surface area contributed by atoms with Crippen molar-refractivity contribution in [2.75, 3.05) is 13.1 Å². The highest BCUT2D eigenvalue weighted by Gasteiger charge is 2.48. The summed E-state index contributed by atoms with van der Waals surface area (Å²) in [5.41, 5.74) is 9.99. The molecule has 0 aromatic heterocycles. The first kappa shape index (κ1) is 12.9. The molecule has 1 fully saturated rings. The lowest BCUT2D eigenvalue weighted by Gasteiger charge is -2.42. The molecule has 0 aliphatic heterocycles. The number of amides is 2. The third kappa shape index (κ3) is 2.16. The quantitative estimate of drug-likeness (QED) is 0.653. The smallest absolute Gasteiger partial charge is 0.237 e. The van der Waals surface area contributed by atoms with Crippen LogP contribution in [0.3, 0.4) is 0 Å². The molecular weight excluding hydrogens is 226 g/mol. The molecule has 1 saturated carbocycles. The molecule has 6 heteroatoms. The van der Waals surface area contributed by atoms with Gasteiger partial charge in [0.05, 0.1) is 16.9 Å². The van der Waals surface area contributed by atoms with Crippen LogP contribution in [-0.4, -0.2) is 34.8 Å². The van der Waals surface area contributed by atoms with E-state index in [1.807, 2.05) is 0 Å². The molecule has 0 atom stereocenters. The average Bonchev–Trinajstić information content (AvgIpc) is 2.10. The summed E-state index contributed by atoms with van der Waals surface area (Å²) in [6, 6.07) is 0. The lowest BCUT2D eigenvalue weighted by atomic mass is 9.67. The number of rotatable bonds is 5. The highest BCUT2D eigenvalue weighted by atomic mass is 32.1. The Hall–Kier alpha value is -1.17. The summed E-state index contributed by atoms with van der Waals surface area (Å²) in [5, 5.41) is 0. The van der Waals surface area contributed by atoms with E-state index in [1.165, 1.54) is 4.90 Å². The van der Waals surface area contributed by atoms with Crippen molar-refractivity contribution in [2.24, 2.45) is 16.9 Å². The van der Waals surface area contributed by atoms with Crippen LogP contribution in [0.25, 0.3) is 0 Å². The molecule has 0 aromatic carbocycles. The number of thiocarbonyl (C=S) groups is 1. The molecule has 0 radical (unpaired) electrons. The maximum atomic E-state index is 12.2. The predicted molar refractivity (Wildman–Crippen MR) is 64.5 cm³/mol. The summed E-state index contributed by atoms with van der Waals surface area (Å²) in [4.78, 5) is 24.7. The van der Waals surface area contributed by atoms with Gasteiger partial charge in [0.1, 0.15) is 0 Å². The molecule has 0 aromatic rings. The van der Waals surface area contributed by atoms with Crippen LogP contribution in [0.2, 0.25) is 0 Å². The average molecular weight is 243 g/mol. The van der Waals surface area contributed by atoms with Gasteiger partial charge < -0.3 is 16.4 Å². The van der Waals surface area contributed by atoms with Gasteiger partial charge in [0, 0.05) is 6.54 Å². The van der Waals surface area contributed by atoms with Gasteiger partial charge in [-0.1, -0.05) is 18.6 Å². The summed E-state index contributed by atoms with van der Waals surface area (Å²) in [6.45, 7) is 2.17. The van der Waals surface area contributed by atoms with Crippen molar-refractivity contribution >= 4 is 29.0 Å². The summed E-state index contributed by atoms with van der Waals surface area (Å²) in [6.07, 6.45) is 2.30. The van der Waals surface area contributed by atoms with Gasteiger partial charge in [-0.25, -0.2) is 0 Å². The highest BCUT2D eigenvalue weighted by Crippen LogP contribution is 2.42. The molecule has 0 saturated heterocycles. The SMILES string of the molecule is CCN(CC(N)=O)C(=O)C1(C(N)=S)CCC1. The topological polar surface area (TPSA) is 89.4 Å². The van der Waals surface area contributed by atoms with Crippen molar-refractivity contribution in [1.82, 2.24) is 4.90 Å². The Balaban J connectivity index is 2.81. The maximum absolute atomic E-state index is 12.2. The van der Waals surface area contributed by atoms with Crippen molar-refractivity contribution in [3.63, 3.8) is 0 Å². The monoisotopic (exact) mass is 243 g/mol. The Labute approximate surface area is 100 Å². The van der Waals surface area contributed by atoms with Crippen molar-refractivity contribution in [1.29, 1.82) is 0 Å². The zero-order chi connectivity index (χ0) is 12.3. The highest BCUT2D eigenvalue weighted by molar-refractivity contribution is 7.80. The lowest BCUT2D eigenvalue weighted by molar-refractivity contribution is -0.144. The van der Waals surface area contributed by atoms with Crippen LogP contribution in [0.5, 0.6) is 0 Å². The van der Waals surface area contributed by atoms with Crippen LogP contribution in [0, 0.1) is 5.41 Å². The molecule has 0 bridgehead atoms. The Kier molecular flexibility index (Phi) is 3.85. The molecule has 0 heterocycles. The number of nitrogens with zero attached hydrogens (tertiary/aromatic N) is 1. The van der Waals surface area contributed by atoms with Gasteiger partial charge in [0.15, 0.2) is 0 Å². The Morgan fingerprint density at radius 2 is 1.94 bits per heavy atom. The van der Waals surface area contributed by atoms with E-state index in [-0.39, 0.29) is 17.4 Å². The summed E-state index contributed by atoms with van der Waals surface area (Å²) in [7, 11) is 0. The Bertz CT molecular complexity index is 326. The number of hydrogen-bond donors (Lipinski definition) is 2. The van der Waals surface area contributed by atoms with Crippen LogP contribution in [0.1, 0.15) is 26.2 Å². The van der Waals surface area contributed by atoms with Crippen LogP contribution < -0.4 is 11.5 Å². The van der Waals surface area contributed by atoms with Crippen molar-refractivity contribution < 1.29 is 9.59 Å². The molecule has 1 rings (SSSR count). The van der Waals surface area contributed by atoms with Crippen LogP contribution in [0.4, 0.5) is 0 Å². The summed E-state index contributed by atoms with van der Waals surface area (Å²) in [5.74, 6) is -0.680. The van der Waals surface area contributed by atoms with Crippen molar-refractivity contribution in [3.8, 4) is 0 Å². The van der Waals surface area contributed by atoms with Gasteiger partial charge in [-0.05, 0) is 19.8 Å². The van der Waals surface area contributed by atoms with Crippen molar-refractivity contribution in [3.05, 3.63) is 0 Å². The van der Waals surface area contributed by atoms with Gasteiger partial charge in [-0.2, -0.15) is 0 Å². The summed E-state index contributed by atoms with van der Waals surface area (Å²) >= 11 is 4.95. The van der Waals surface area contributed by atoms with Crippen molar-refractivity contribution in [2.45, 2.75) is 26.2 Å².